The standard InChI is InChI=1S/C13H24N2O2/c1-3-13(14-4-2)12-5-6-15(11-12)7-9-17-10-8-16/h5-6,11,13-14,16H,3-4,7-10H2,1-2H3. The maximum atomic E-state index is 8.59. The molecule has 0 amide bonds. The van der Waals surface area contributed by atoms with Crippen molar-refractivity contribution in [1.82, 2.24) is 9.88 Å². The van der Waals surface area contributed by atoms with Gasteiger partial charge in [0.25, 0.3) is 0 Å². The third kappa shape index (κ3) is 4.89. The molecule has 0 aliphatic heterocycles. The molecule has 4 nitrogen and oxygen atoms in total. The van der Waals surface area contributed by atoms with E-state index >= 15 is 0 Å². The normalized spacial score (nSPS) is 12.9. The van der Waals surface area contributed by atoms with Gasteiger partial charge in [-0.05, 0) is 24.6 Å². The molecule has 0 fully saturated rings. The highest BCUT2D eigenvalue weighted by Gasteiger charge is 2.08. The molecule has 17 heavy (non-hydrogen) atoms. The van der Waals surface area contributed by atoms with Gasteiger partial charge in [-0.3, -0.25) is 0 Å². The van der Waals surface area contributed by atoms with Crippen molar-refractivity contribution in [3.63, 3.8) is 0 Å². The smallest absolute Gasteiger partial charge is 0.0698 e. The monoisotopic (exact) mass is 240 g/mol. The first-order chi connectivity index (χ1) is 8.31. The number of aliphatic hydroxyl groups is 1. The summed E-state index contributed by atoms with van der Waals surface area (Å²) in [5.74, 6) is 0. The third-order valence-corrected chi connectivity index (χ3v) is 2.76. The van der Waals surface area contributed by atoms with E-state index in [-0.39, 0.29) is 6.61 Å². The first-order valence-corrected chi connectivity index (χ1v) is 6.39. The van der Waals surface area contributed by atoms with Crippen LogP contribution in [0.5, 0.6) is 0 Å². The number of aliphatic hydroxyl groups excluding tert-OH is 1. The van der Waals surface area contributed by atoms with Crippen LogP contribution in [0.2, 0.25) is 0 Å². The summed E-state index contributed by atoms with van der Waals surface area (Å²) in [6.07, 6.45) is 5.34. The molecular formula is C13H24N2O2. The highest BCUT2D eigenvalue weighted by atomic mass is 16.5. The third-order valence-electron chi connectivity index (χ3n) is 2.76. The second kappa shape index (κ2) is 8.28. The average molecular weight is 240 g/mol. The summed E-state index contributed by atoms with van der Waals surface area (Å²) >= 11 is 0. The van der Waals surface area contributed by atoms with Crippen LogP contribution in [0.1, 0.15) is 31.9 Å². The van der Waals surface area contributed by atoms with Crippen molar-refractivity contribution in [2.75, 3.05) is 26.4 Å². The molecule has 0 spiro atoms. The molecule has 1 unspecified atom stereocenters. The van der Waals surface area contributed by atoms with E-state index in [1.54, 1.807) is 0 Å². The van der Waals surface area contributed by atoms with Crippen LogP contribution >= 0.6 is 0 Å². The van der Waals surface area contributed by atoms with Gasteiger partial charge in [-0.25, -0.2) is 0 Å². The van der Waals surface area contributed by atoms with Gasteiger partial charge in [-0.1, -0.05) is 13.8 Å². The Balaban J connectivity index is 2.40. The van der Waals surface area contributed by atoms with E-state index in [9.17, 15) is 0 Å². The molecule has 1 aromatic rings. The Morgan fingerprint density at radius 2 is 2.24 bits per heavy atom. The summed E-state index contributed by atoms with van der Waals surface area (Å²) < 4.78 is 7.38. The minimum Gasteiger partial charge on any atom is -0.394 e. The second-order valence-electron chi connectivity index (χ2n) is 4.04. The van der Waals surface area contributed by atoms with Gasteiger partial charge in [0.1, 0.15) is 0 Å². The molecule has 0 aromatic carbocycles. The minimum atomic E-state index is 0.0925. The maximum absolute atomic E-state index is 8.59. The van der Waals surface area contributed by atoms with E-state index in [0.29, 0.717) is 19.3 Å². The Hall–Kier alpha value is -0.840. The van der Waals surface area contributed by atoms with Gasteiger partial charge in [-0.2, -0.15) is 0 Å². The van der Waals surface area contributed by atoms with Crippen LogP contribution in [0.4, 0.5) is 0 Å². The molecule has 0 aliphatic rings. The van der Waals surface area contributed by atoms with Crippen LogP contribution in [-0.4, -0.2) is 36.0 Å². The summed E-state index contributed by atoms with van der Waals surface area (Å²) in [5.41, 5.74) is 1.33. The van der Waals surface area contributed by atoms with Crippen molar-refractivity contribution in [3.8, 4) is 0 Å². The SMILES string of the molecule is CCNC(CC)c1ccn(CCOCCO)c1. The number of hydrogen-bond donors (Lipinski definition) is 2. The fraction of sp³-hybridized carbons (Fsp3) is 0.692. The first kappa shape index (κ1) is 14.2. The lowest BCUT2D eigenvalue weighted by Crippen LogP contribution is -2.19. The van der Waals surface area contributed by atoms with Gasteiger partial charge in [0.05, 0.1) is 19.8 Å². The Labute approximate surface area is 104 Å². The molecule has 98 valence electrons. The van der Waals surface area contributed by atoms with Crippen LogP contribution in [0.15, 0.2) is 18.5 Å². The summed E-state index contributed by atoms with van der Waals surface area (Å²) in [4.78, 5) is 0. The Bertz CT molecular complexity index is 299. The first-order valence-electron chi connectivity index (χ1n) is 6.39. The fourth-order valence-electron chi connectivity index (χ4n) is 1.89. The zero-order valence-electron chi connectivity index (χ0n) is 10.9. The lowest BCUT2D eigenvalue weighted by Gasteiger charge is -2.13. The van der Waals surface area contributed by atoms with Crippen molar-refractivity contribution >= 4 is 0 Å². The van der Waals surface area contributed by atoms with Crippen molar-refractivity contribution in [3.05, 3.63) is 24.0 Å². The van der Waals surface area contributed by atoms with Crippen molar-refractivity contribution in [2.24, 2.45) is 0 Å². The molecule has 0 aliphatic carbocycles. The summed E-state index contributed by atoms with van der Waals surface area (Å²) in [5, 5.41) is 12.1. The molecule has 1 heterocycles. The van der Waals surface area contributed by atoms with Crippen molar-refractivity contribution in [2.45, 2.75) is 32.9 Å². The fourth-order valence-corrected chi connectivity index (χ4v) is 1.89. The number of hydrogen-bond acceptors (Lipinski definition) is 3. The number of nitrogens with one attached hydrogen (secondary N) is 1. The molecule has 2 N–H and O–H groups in total. The van der Waals surface area contributed by atoms with Gasteiger partial charge in [-0.15, -0.1) is 0 Å². The predicted molar refractivity (Wildman–Crippen MR) is 69.0 cm³/mol. The highest BCUT2D eigenvalue weighted by molar-refractivity contribution is 5.15. The number of ether oxygens (including phenoxy) is 1. The molecule has 4 heteroatoms. The van der Waals surface area contributed by atoms with Gasteiger partial charge in [0.2, 0.25) is 0 Å². The second-order valence-corrected chi connectivity index (χ2v) is 4.04. The Morgan fingerprint density at radius 1 is 1.41 bits per heavy atom. The van der Waals surface area contributed by atoms with Crippen molar-refractivity contribution < 1.29 is 9.84 Å². The Morgan fingerprint density at radius 3 is 2.88 bits per heavy atom. The molecule has 1 rings (SSSR count). The van der Waals surface area contributed by atoms with E-state index in [2.05, 4.69) is 42.2 Å². The molecule has 0 saturated carbocycles. The van der Waals surface area contributed by atoms with Gasteiger partial charge >= 0.3 is 0 Å². The molecular weight excluding hydrogens is 216 g/mol. The lowest BCUT2D eigenvalue weighted by atomic mass is 10.1. The molecule has 1 atom stereocenters. The zero-order chi connectivity index (χ0) is 12.5. The van der Waals surface area contributed by atoms with E-state index in [1.807, 2.05) is 0 Å². The summed E-state index contributed by atoms with van der Waals surface area (Å²) in [7, 11) is 0. The van der Waals surface area contributed by atoms with E-state index in [4.69, 9.17) is 9.84 Å². The van der Waals surface area contributed by atoms with E-state index in [0.717, 1.165) is 19.5 Å². The topological polar surface area (TPSA) is 46.4 Å². The zero-order valence-corrected chi connectivity index (χ0v) is 10.9. The molecule has 1 aromatic heterocycles. The Kier molecular flexibility index (Phi) is 6.93. The maximum Gasteiger partial charge on any atom is 0.0698 e. The predicted octanol–water partition coefficient (Wildman–Crippen LogP) is 1.56. The summed E-state index contributed by atoms with van der Waals surface area (Å²) in [6.45, 7) is 7.30. The van der Waals surface area contributed by atoms with E-state index in [1.165, 1.54) is 5.56 Å². The van der Waals surface area contributed by atoms with Crippen LogP contribution in [0.25, 0.3) is 0 Å². The van der Waals surface area contributed by atoms with Crippen LogP contribution in [0, 0.1) is 0 Å². The van der Waals surface area contributed by atoms with E-state index < -0.39 is 0 Å². The quantitative estimate of drug-likeness (QED) is 0.644. The van der Waals surface area contributed by atoms with Crippen LogP contribution in [0.3, 0.4) is 0 Å². The number of nitrogens with zero attached hydrogens (tertiary/aromatic N) is 1. The lowest BCUT2D eigenvalue weighted by molar-refractivity contribution is 0.0870. The van der Waals surface area contributed by atoms with Gasteiger partial charge < -0.3 is 19.7 Å². The van der Waals surface area contributed by atoms with Crippen LogP contribution < -0.4 is 5.32 Å². The van der Waals surface area contributed by atoms with Gasteiger partial charge in [0, 0.05) is 25.0 Å². The van der Waals surface area contributed by atoms with Gasteiger partial charge in [0.15, 0.2) is 0 Å². The van der Waals surface area contributed by atoms with Crippen LogP contribution in [-0.2, 0) is 11.3 Å². The highest BCUT2D eigenvalue weighted by Crippen LogP contribution is 2.16. The summed E-state index contributed by atoms with van der Waals surface area (Å²) in [6, 6.07) is 2.60. The van der Waals surface area contributed by atoms with Crippen molar-refractivity contribution in [1.29, 1.82) is 0 Å². The molecule has 0 saturated heterocycles. The largest absolute Gasteiger partial charge is 0.394 e. The minimum absolute atomic E-state index is 0.0925. The number of rotatable bonds is 9. The molecule has 0 radical (unpaired) electrons. The number of aromatic nitrogens is 1. The average Bonchev–Trinajstić information content (AvgIpc) is 2.80. The molecule has 0 bridgehead atoms.